The molecular formula is C21H25NO4. The van der Waals surface area contributed by atoms with Crippen LogP contribution in [0, 0.1) is 11.8 Å². The van der Waals surface area contributed by atoms with Crippen LogP contribution in [0.4, 0.5) is 0 Å². The number of ether oxygens (including phenoxy) is 1. The summed E-state index contributed by atoms with van der Waals surface area (Å²) >= 11 is 0. The van der Waals surface area contributed by atoms with Gasteiger partial charge in [0.15, 0.2) is 5.78 Å². The minimum atomic E-state index is -0.836. The molecule has 1 aromatic carbocycles. The van der Waals surface area contributed by atoms with Gasteiger partial charge in [0, 0.05) is 38.3 Å². The molecule has 5 heteroatoms. The molecule has 4 rings (SSSR count). The van der Waals surface area contributed by atoms with Crippen molar-refractivity contribution in [3.8, 4) is 5.75 Å². The van der Waals surface area contributed by atoms with Crippen molar-refractivity contribution < 1.29 is 19.4 Å². The molecule has 1 saturated heterocycles. The summed E-state index contributed by atoms with van der Waals surface area (Å²) in [6, 6.07) is 7.28. The summed E-state index contributed by atoms with van der Waals surface area (Å²) < 4.78 is 6.32. The minimum Gasteiger partial charge on any atom is -0.507 e. The highest BCUT2D eigenvalue weighted by atomic mass is 16.5. The molecule has 1 saturated carbocycles. The van der Waals surface area contributed by atoms with Crippen LogP contribution in [0.1, 0.15) is 45.1 Å². The van der Waals surface area contributed by atoms with Gasteiger partial charge in [-0.15, -0.1) is 0 Å². The number of amides is 1. The summed E-state index contributed by atoms with van der Waals surface area (Å²) in [5.74, 6) is 1.42. The van der Waals surface area contributed by atoms with E-state index in [1.54, 1.807) is 13.0 Å². The van der Waals surface area contributed by atoms with Gasteiger partial charge in [0.25, 0.3) is 0 Å². The molecule has 2 heterocycles. The Morgan fingerprint density at radius 2 is 1.92 bits per heavy atom. The van der Waals surface area contributed by atoms with Gasteiger partial charge in [-0.05, 0) is 24.5 Å². The van der Waals surface area contributed by atoms with Crippen LogP contribution in [0.25, 0.3) is 5.76 Å². The normalized spacial score (nSPS) is 26.3. The maximum atomic E-state index is 12.7. The van der Waals surface area contributed by atoms with Crippen LogP contribution in [0.2, 0.25) is 0 Å². The Morgan fingerprint density at radius 3 is 2.54 bits per heavy atom. The molecule has 0 unspecified atom stereocenters. The minimum absolute atomic E-state index is 0.0364. The van der Waals surface area contributed by atoms with E-state index in [9.17, 15) is 14.7 Å². The molecule has 2 fully saturated rings. The lowest BCUT2D eigenvalue weighted by Gasteiger charge is -2.45. The largest absolute Gasteiger partial charge is 0.507 e. The Bertz CT molecular complexity index is 789. The number of nitrogens with zero attached hydrogens (tertiary/aromatic N) is 1. The maximum Gasteiger partial charge on any atom is 0.225 e. The second-order valence-electron chi connectivity index (χ2n) is 7.74. The van der Waals surface area contributed by atoms with Crippen molar-refractivity contribution in [2.45, 2.75) is 45.1 Å². The molecule has 138 valence electrons. The second kappa shape index (κ2) is 6.15. The van der Waals surface area contributed by atoms with Gasteiger partial charge in [0.05, 0.1) is 11.1 Å². The number of Topliss-reactive ketones (excluding diaryl/α,β-unsaturated/α-hetero) is 1. The Kier molecular flexibility index (Phi) is 4.05. The van der Waals surface area contributed by atoms with E-state index in [0.29, 0.717) is 55.2 Å². The van der Waals surface area contributed by atoms with Crippen molar-refractivity contribution in [2.24, 2.45) is 11.8 Å². The highest BCUT2D eigenvalue weighted by molar-refractivity contribution is 6.04. The first-order chi connectivity index (χ1) is 12.5. The van der Waals surface area contributed by atoms with Crippen LogP contribution in [0.15, 0.2) is 29.8 Å². The standard InChI is InChI=1S/C21H25NO4/c1-3-16(23)18-19(24)14-6-4-5-7-17(14)26-21(18)8-10-22(11-9-21)20(25)15-12-13(15)2/h4-7,13,15,24H,3,8-12H2,1-2H3/t13-,15-/m0/s1. The van der Waals surface area contributed by atoms with Crippen molar-refractivity contribution in [2.75, 3.05) is 13.1 Å². The van der Waals surface area contributed by atoms with E-state index in [2.05, 4.69) is 6.92 Å². The first kappa shape index (κ1) is 17.1. The predicted octanol–water partition coefficient (Wildman–Crippen LogP) is 3.34. The van der Waals surface area contributed by atoms with Crippen LogP contribution < -0.4 is 4.74 Å². The summed E-state index contributed by atoms with van der Waals surface area (Å²) in [6.45, 7) is 5.01. The van der Waals surface area contributed by atoms with E-state index in [4.69, 9.17) is 4.74 Å². The van der Waals surface area contributed by atoms with E-state index in [-0.39, 0.29) is 23.4 Å². The molecule has 0 radical (unpaired) electrons. The summed E-state index contributed by atoms with van der Waals surface area (Å²) in [5, 5.41) is 10.8. The molecule has 5 nitrogen and oxygen atoms in total. The van der Waals surface area contributed by atoms with Gasteiger partial charge in [0.2, 0.25) is 5.91 Å². The number of carbonyl (C=O) groups is 2. The third-order valence-electron chi connectivity index (χ3n) is 6.05. The van der Waals surface area contributed by atoms with Crippen molar-refractivity contribution in [1.82, 2.24) is 4.90 Å². The van der Waals surface area contributed by atoms with Gasteiger partial charge in [-0.1, -0.05) is 26.0 Å². The maximum absolute atomic E-state index is 12.7. The first-order valence-electron chi connectivity index (χ1n) is 9.51. The van der Waals surface area contributed by atoms with Gasteiger partial charge in [-0.3, -0.25) is 9.59 Å². The number of fused-ring (bicyclic) bond motifs is 1. The van der Waals surface area contributed by atoms with Crippen molar-refractivity contribution in [1.29, 1.82) is 0 Å². The van der Waals surface area contributed by atoms with E-state index in [0.717, 1.165) is 6.42 Å². The van der Waals surface area contributed by atoms with Gasteiger partial charge in [-0.2, -0.15) is 0 Å². The number of carbonyl (C=O) groups excluding carboxylic acids is 2. The first-order valence-corrected chi connectivity index (χ1v) is 9.51. The van der Waals surface area contributed by atoms with E-state index in [1.807, 2.05) is 23.1 Å². The fourth-order valence-corrected chi connectivity index (χ4v) is 4.27. The molecule has 2 atom stereocenters. The number of aliphatic hydroxyl groups excluding tert-OH is 1. The summed E-state index contributed by atoms with van der Waals surface area (Å²) in [4.78, 5) is 27.1. The lowest BCUT2D eigenvalue weighted by atomic mass is 9.77. The van der Waals surface area contributed by atoms with E-state index < -0.39 is 5.60 Å². The van der Waals surface area contributed by atoms with Crippen LogP contribution in [-0.2, 0) is 9.59 Å². The monoisotopic (exact) mass is 355 g/mol. The van der Waals surface area contributed by atoms with Crippen LogP contribution in [-0.4, -0.2) is 40.4 Å². The SMILES string of the molecule is CCC(=O)C1=C(O)c2ccccc2OC12CCN(C(=O)[C@H]1C[C@@H]1C)CC2. The molecule has 0 bridgehead atoms. The molecule has 0 aromatic heterocycles. The van der Waals surface area contributed by atoms with E-state index in [1.165, 1.54) is 0 Å². The molecule has 2 aliphatic heterocycles. The number of ketones is 1. The number of hydrogen-bond acceptors (Lipinski definition) is 4. The van der Waals surface area contributed by atoms with Crippen LogP contribution in [0.3, 0.4) is 0 Å². The molecule has 1 aromatic rings. The molecule has 3 aliphatic rings. The van der Waals surface area contributed by atoms with Crippen LogP contribution in [0.5, 0.6) is 5.75 Å². The quantitative estimate of drug-likeness (QED) is 0.903. The topological polar surface area (TPSA) is 66.8 Å². The van der Waals surface area contributed by atoms with E-state index >= 15 is 0 Å². The van der Waals surface area contributed by atoms with Crippen molar-refractivity contribution >= 4 is 17.4 Å². The lowest BCUT2D eigenvalue weighted by Crippen LogP contribution is -2.53. The molecule has 1 amide bonds. The summed E-state index contributed by atoms with van der Waals surface area (Å²) in [5.41, 5.74) is 0.114. The number of likely N-dealkylation sites (tertiary alicyclic amines) is 1. The number of rotatable bonds is 3. The Labute approximate surface area is 153 Å². The number of aliphatic hydroxyl groups is 1. The second-order valence-corrected chi connectivity index (χ2v) is 7.74. The summed E-state index contributed by atoms with van der Waals surface area (Å²) in [6.07, 6.45) is 2.35. The predicted molar refractivity (Wildman–Crippen MR) is 97.7 cm³/mol. The molecule has 1 spiro atoms. The Balaban J connectivity index is 1.64. The molecular weight excluding hydrogens is 330 g/mol. The smallest absolute Gasteiger partial charge is 0.225 e. The van der Waals surface area contributed by atoms with Crippen molar-refractivity contribution in [3.05, 3.63) is 35.4 Å². The average Bonchev–Trinajstić information content (AvgIpc) is 3.38. The number of piperidine rings is 1. The zero-order valence-electron chi connectivity index (χ0n) is 15.3. The van der Waals surface area contributed by atoms with Gasteiger partial charge in [0.1, 0.15) is 17.1 Å². The van der Waals surface area contributed by atoms with Gasteiger partial charge in [-0.25, -0.2) is 0 Å². The van der Waals surface area contributed by atoms with Gasteiger partial charge >= 0.3 is 0 Å². The fourth-order valence-electron chi connectivity index (χ4n) is 4.27. The summed E-state index contributed by atoms with van der Waals surface area (Å²) in [7, 11) is 0. The number of para-hydroxylation sites is 1. The number of hydrogen-bond donors (Lipinski definition) is 1. The molecule has 26 heavy (non-hydrogen) atoms. The van der Waals surface area contributed by atoms with Crippen molar-refractivity contribution in [3.63, 3.8) is 0 Å². The molecule has 1 N–H and O–H groups in total. The lowest BCUT2D eigenvalue weighted by molar-refractivity contribution is -0.136. The zero-order chi connectivity index (χ0) is 18.5. The molecule has 1 aliphatic carbocycles. The highest BCUT2D eigenvalue weighted by Gasteiger charge is 2.50. The Hall–Kier alpha value is -2.30. The fraction of sp³-hybridized carbons (Fsp3) is 0.524. The van der Waals surface area contributed by atoms with Crippen LogP contribution >= 0.6 is 0 Å². The Morgan fingerprint density at radius 1 is 1.27 bits per heavy atom. The number of benzene rings is 1. The average molecular weight is 355 g/mol. The zero-order valence-corrected chi connectivity index (χ0v) is 15.3. The third kappa shape index (κ3) is 2.61. The highest BCUT2D eigenvalue weighted by Crippen LogP contribution is 2.46. The third-order valence-corrected chi connectivity index (χ3v) is 6.05. The van der Waals surface area contributed by atoms with Gasteiger partial charge < -0.3 is 14.7 Å².